The Bertz CT molecular complexity index is 1210. The number of hydrogen-bond donors (Lipinski definition) is 1. The molecule has 32 heavy (non-hydrogen) atoms. The Balaban J connectivity index is 1.41. The van der Waals surface area contributed by atoms with Gasteiger partial charge < -0.3 is 19.9 Å². The number of aromatic nitrogens is 4. The van der Waals surface area contributed by atoms with E-state index in [1.54, 1.807) is 23.7 Å². The molecule has 164 valence electrons. The Labute approximate surface area is 190 Å². The Hall–Kier alpha value is -3.14. The zero-order valence-corrected chi connectivity index (χ0v) is 19.0. The predicted molar refractivity (Wildman–Crippen MR) is 129 cm³/mol. The molecule has 5 heterocycles. The second-order valence-electron chi connectivity index (χ2n) is 7.92. The molecule has 1 fully saturated rings. The van der Waals surface area contributed by atoms with Crippen molar-refractivity contribution in [2.24, 2.45) is 0 Å². The van der Waals surface area contributed by atoms with Crippen LogP contribution in [0.25, 0.3) is 20.8 Å². The fourth-order valence-electron chi connectivity index (χ4n) is 3.72. The number of hydrogen-bond acceptors (Lipinski definition) is 9. The maximum absolute atomic E-state index is 5.51. The van der Waals surface area contributed by atoms with E-state index in [4.69, 9.17) is 14.7 Å². The third-order valence-electron chi connectivity index (χ3n) is 5.23. The topological polar surface area (TPSA) is 79.3 Å². The van der Waals surface area contributed by atoms with Crippen molar-refractivity contribution in [1.29, 1.82) is 0 Å². The quantitative estimate of drug-likeness (QED) is 0.478. The Morgan fingerprint density at radius 3 is 2.66 bits per heavy atom. The maximum Gasteiger partial charge on any atom is 0.133 e. The van der Waals surface area contributed by atoms with Gasteiger partial charge in [-0.2, -0.15) is 0 Å². The highest BCUT2D eigenvalue weighted by atomic mass is 32.1. The molecular weight excluding hydrogens is 422 g/mol. The summed E-state index contributed by atoms with van der Waals surface area (Å²) in [5.74, 6) is 1.50. The van der Waals surface area contributed by atoms with E-state index >= 15 is 0 Å². The monoisotopic (exact) mass is 447 g/mol. The van der Waals surface area contributed by atoms with E-state index in [1.165, 1.54) is 0 Å². The van der Waals surface area contributed by atoms with Gasteiger partial charge in [0.1, 0.15) is 16.6 Å². The molecule has 0 bridgehead atoms. The molecule has 0 aliphatic carbocycles. The SMILES string of the molecule is CN(C)Cc1nc(Nc2cc3nc(-c4ccncc4)sc3cn2)ccc1N1CCOCC1. The van der Waals surface area contributed by atoms with Gasteiger partial charge in [0.2, 0.25) is 0 Å². The average Bonchev–Trinajstić information content (AvgIpc) is 3.24. The summed E-state index contributed by atoms with van der Waals surface area (Å²) in [6.45, 7) is 4.03. The normalized spacial score (nSPS) is 14.3. The van der Waals surface area contributed by atoms with Crippen LogP contribution in [0.2, 0.25) is 0 Å². The van der Waals surface area contributed by atoms with Gasteiger partial charge >= 0.3 is 0 Å². The van der Waals surface area contributed by atoms with Crippen molar-refractivity contribution in [3.63, 3.8) is 0 Å². The highest BCUT2D eigenvalue weighted by Crippen LogP contribution is 2.31. The van der Waals surface area contributed by atoms with E-state index in [0.717, 1.165) is 76.7 Å². The summed E-state index contributed by atoms with van der Waals surface area (Å²) in [5, 5.41) is 4.32. The van der Waals surface area contributed by atoms with Gasteiger partial charge in [0.05, 0.1) is 34.8 Å². The lowest BCUT2D eigenvalue weighted by atomic mass is 10.2. The van der Waals surface area contributed by atoms with Crippen molar-refractivity contribution in [3.05, 3.63) is 54.6 Å². The average molecular weight is 448 g/mol. The number of rotatable bonds is 6. The number of ether oxygens (including phenoxy) is 1. The first-order valence-corrected chi connectivity index (χ1v) is 11.4. The molecule has 1 saturated heterocycles. The Kier molecular flexibility index (Phi) is 5.93. The van der Waals surface area contributed by atoms with Crippen LogP contribution < -0.4 is 10.2 Å². The van der Waals surface area contributed by atoms with Crippen LogP contribution in [-0.4, -0.2) is 65.2 Å². The van der Waals surface area contributed by atoms with Crippen LogP contribution in [0.3, 0.4) is 0 Å². The third-order valence-corrected chi connectivity index (χ3v) is 6.28. The summed E-state index contributed by atoms with van der Waals surface area (Å²) in [5.41, 5.74) is 4.18. The lowest BCUT2D eigenvalue weighted by Gasteiger charge is -2.31. The minimum atomic E-state index is 0.728. The van der Waals surface area contributed by atoms with E-state index in [2.05, 4.69) is 45.2 Å². The molecule has 4 aromatic heterocycles. The molecule has 1 N–H and O–H groups in total. The van der Waals surface area contributed by atoms with Crippen molar-refractivity contribution in [2.75, 3.05) is 50.6 Å². The molecule has 0 saturated carbocycles. The van der Waals surface area contributed by atoms with Crippen molar-refractivity contribution < 1.29 is 4.74 Å². The summed E-state index contributed by atoms with van der Waals surface area (Å²) in [6.07, 6.45) is 5.43. The predicted octanol–water partition coefficient (Wildman–Crippen LogP) is 3.79. The molecular formula is C23H25N7OS. The van der Waals surface area contributed by atoms with Crippen LogP contribution in [0.5, 0.6) is 0 Å². The fraction of sp³-hybridized carbons (Fsp3) is 0.304. The van der Waals surface area contributed by atoms with Gasteiger partial charge in [0.15, 0.2) is 0 Å². The van der Waals surface area contributed by atoms with Crippen LogP contribution in [-0.2, 0) is 11.3 Å². The van der Waals surface area contributed by atoms with Crippen molar-refractivity contribution in [2.45, 2.75) is 6.54 Å². The molecule has 0 atom stereocenters. The molecule has 0 amide bonds. The van der Waals surface area contributed by atoms with Gasteiger partial charge in [-0.25, -0.2) is 15.0 Å². The lowest BCUT2D eigenvalue weighted by molar-refractivity contribution is 0.122. The van der Waals surface area contributed by atoms with Crippen LogP contribution in [0.15, 0.2) is 48.9 Å². The number of anilines is 3. The molecule has 8 nitrogen and oxygen atoms in total. The van der Waals surface area contributed by atoms with E-state index in [-0.39, 0.29) is 0 Å². The summed E-state index contributed by atoms with van der Waals surface area (Å²) in [4.78, 5) is 22.8. The number of morpholine rings is 1. The molecule has 0 unspecified atom stereocenters. The molecule has 0 aromatic carbocycles. The second-order valence-corrected chi connectivity index (χ2v) is 8.95. The minimum absolute atomic E-state index is 0.728. The molecule has 1 aliphatic heterocycles. The highest BCUT2D eigenvalue weighted by molar-refractivity contribution is 7.21. The summed E-state index contributed by atoms with van der Waals surface area (Å²) in [6, 6.07) is 10.1. The maximum atomic E-state index is 5.51. The molecule has 9 heteroatoms. The smallest absolute Gasteiger partial charge is 0.133 e. The molecule has 4 aromatic rings. The fourth-order valence-corrected chi connectivity index (χ4v) is 4.64. The first-order chi connectivity index (χ1) is 15.7. The van der Waals surface area contributed by atoms with Gasteiger partial charge in [-0.15, -0.1) is 11.3 Å². The lowest BCUT2D eigenvalue weighted by Crippen LogP contribution is -2.37. The number of nitrogens with zero attached hydrogens (tertiary/aromatic N) is 6. The number of pyridine rings is 3. The van der Waals surface area contributed by atoms with Crippen LogP contribution in [0.1, 0.15) is 5.69 Å². The van der Waals surface area contributed by atoms with E-state index in [1.807, 2.05) is 30.5 Å². The van der Waals surface area contributed by atoms with Gasteiger partial charge in [0.25, 0.3) is 0 Å². The zero-order chi connectivity index (χ0) is 21.9. The van der Waals surface area contributed by atoms with Gasteiger partial charge in [0, 0.05) is 49.9 Å². The number of fused-ring (bicyclic) bond motifs is 1. The van der Waals surface area contributed by atoms with Gasteiger partial charge in [-0.3, -0.25) is 4.98 Å². The first-order valence-electron chi connectivity index (χ1n) is 10.6. The summed E-state index contributed by atoms with van der Waals surface area (Å²) >= 11 is 1.63. The van der Waals surface area contributed by atoms with Crippen LogP contribution >= 0.6 is 11.3 Å². The summed E-state index contributed by atoms with van der Waals surface area (Å²) < 4.78 is 6.56. The molecule has 5 rings (SSSR count). The first kappa shape index (κ1) is 20.7. The van der Waals surface area contributed by atoms with Gasteiger partial charge in [-0.1, -0.05) is 0 Å². The number of nitrogens with one attached hydrogen (secondary N) is 1. The van der Waals surface area contributed by atoms with E-state index in [0.29, 0.717) is 0 Å². The Morgan fingerprint density at radius 1 is 1.06 bits per heavy atom. The second kappa shape index (κ2) is 9.15. The van der Waals surface area contributed by atoms with Gasteiger partial charge in [-0.05, 0) is 38.4 Å². The zero-order valence-electron chi connectivity index (χ0n) is 18.2. The Morgan fingerprint density at radius 2 is 1.88 bits per heavy atom. The van der Waals surface area contributed by atoms with Crippen LogP contribution in [0, 0.1) is 0 Å². The standard InChI is InChI=1S/C23H25N7OS/c1-29(2)15-18-19(30-9-11-31-12-10-30)3-4-21(26-18)28-22-13-17-20(14-25-22)32-23(27-17)16-5-7-24-8-6-16/h3-8,13-14H,9-12,15H2,1-2H3,(H,25,26,28). The van der Waals surface area contributed by atoms with E-state index < -0.39 is 0 Å². The van der Waals surface area contributed by atoms with Crippen molar-refractivity contribution in [3.8, 4) is 10.6 Å². The number of thiazole rings is 1. The molecule has 1 aliphatic rings. The van der Waals surface area contributed by atoms with Crippen molar-refractivity contribution in [1.82, 2.24) is 24.8 Å². The van der Waals surface area contributed by atoms with Crippen LogP contribution in [0.4, 0.5) is 17.3 Å². The minimum Gasteiger partial charge on any atom is -0.378 e. The molecule has 0 radical (unpaired) electrons. The summed E-state index contributed by atoms with van der Waals surface area (Å²) in [7, 11) is 4.12. The highest BCUT2D eigenvalue weighted by Gasteiger charge is 2.17. The third kappa shape index (κ3) is 4.55. The largest absolute Gasteiger partial charge is 0.378 e. The van der Waals surface area contributed by atoms with Crippen molar-refractivity contribution >= 4 is 38.9 Å². The van der Waals surface area contributed by atoms with E-state index in [9.17, 15) is 0 Å². The molecule has 0 spiro atoms.